The molecule has 1 saturated heterocycles. The van der Waals surface area contributed by atoms with Gasteiger partial charge in [0.2, 0.25) is 0 Å². The number of hydrogen-bond acceptors (Lipinski definition) is 5. The normalized spacial score (nSPS) is 21.3. The van der Waals surface area contributed by atoms with Crippen LogP contribution in [0.5, 0.6) is 5.75 Å². The molecular weight excluding hydrogens is 371 g/mol. The lowest BCUT2D eigenvalue weighted by molar-refractivity contribution is -0.131. The topological polar surface area (TPSA) is 75.7 Å². The maximum absolute atomic E-state index is 13.9. The molecule has 2 heterocycles. The van der Waals surface area contributed by atoms with Crippen molar-refractivity contribution in [2.75, 3.05) is 13.7 Å². The van der Waals surface area contributed by atoms with Gasteiger partial charge in [-0.1, -0.05) is 0 Å². The van der Waals surface area contributed by atoms with E-state index in [0.717, 1.165) is 34.2 Å². The van der Waals surface area contributed by atoms with Gasteiger partial charge in [0.1, 0.15) is 5.54 Å². The summed E-state index contributed by atoms with van der Waals surface area (Å²) in [6, 6.07) is 5.07. The van der Waals surface area contributed by atoms with E-state index in [4.69, 9.17) is 4.74 Å². The first-order chi connectivity index (χ1) is 13.0. The van der Waals surface area contributed by atoms with Crippen molar-refractivity contribution >= 4 is 29.1 Å². The van der Waals surface area contributed by atoms with Crippen LogP contribution in [0, 0.1) is 5.82 Å². The number of carbonyl (C=O) groups is 3. The number of halogens is 1. The van der Waals surface area contributed by atoms with Gasteiger partial charge in [0.25, 0.3) is 5.91 Å². The van der Waals surface area contributed by atoms with Gasteiger partial charge >= 0.3 is 6.03 Å². The molecule has 2 aliphatic rings. The van der Waals surface area contributed by atoms with E-state index in [2.05, 4.69) is 5.32 Å². The number of nitrogens with one attached hydrogen (secondary N) is 1. The van der Waals surface area contributed by atoms with Gasteiger partial charge in [-0.05, 0) is 48.9 Å². The van der Waals surface area contributed by atoms with Crippen LogP contribution in [0.4, 0.5) is 9.18 Å². The number of urea groups is 1. The Kier molecular flexibility index (Phi) is 4.22. The number of fused-ring (bicyclic) bond motifs is 2. The zero-order chi connectivity index (χ0) is 19.2. The number of nitrogens with zero attached hydrogens (tertiary/aromatic N) is 1. The smallest absolute Gasteiger partial charge is 0.325 e. The molecule has 1 aromatic carbocycles. The first kappa shape index (κ1) is 17.7. The summed E-state index contributed by atoms with van der Waals surface area (Å²) < 4.78 is 18.7. The van der Waals surface area contributed by atoms with Crippen molar-refractivity contribution < 1.29 is 23.5 Å². The number of amides is 3. The summed E-state index contributed by atoms with van der Waals surface area (Å²) in [5, 5.41) is 4.70. The number of hydrogen-bond donors (Lipinski definition) is 1. The number of ketones is 1. The van der Waals surface area contributed by atoms with E-state index in [0.29, 0.717) is 6.42 Å². The molecule has 3 amide bonds. The van der Waals surface area contributed by atoms with Crippen LogP contribution in [0.25, 0.3) is 0 Å². The monoisotopic (exact) mass is 388 g/mol. The SMILES string of the molecule is COc1ccc(C(=O)CN2C(=O)N[C@]3(CCCc4sccc43)C2=O)cc1F. The Labute approximate surface area is 158 Å². The Bertz CT molecular complexity index is 957. The highest BCUT2D eigenvalue weighted by Gasteiger charge is 2.54. The standard InChI is InChI=1S/C19H17FN2O4S/c1-26-15-5-4-11(9-13(15)20)14(23)10-22-17(24)19(21-18(22)25)7-2-3-16-12(19)6-8-27-16/h4-6,8-9H,2-3,7,10H2,1H3,(H,21,25)/t19-/m0/s1. The highest BCUT2D eigenvalue weighted by atomic mass is 32.1. The van der Waals surface area contributed by atoms with Crippen molar-refractivity contribution in [3.8, 4) is 5.75 Å². The van der Waals surface area contributed by atoms with Crippen molar-refractivity contribution in [1.29, 1.82) is 0 Å². The third kappa shape index (κ3) is 2.71. The van der Waals surface area contributed by atoms with E-state index >= 15 is 0 Å². The molecule has 1 aliphatic carbocycles. The maximum Gasteiger partial charge on any atom is 0.325 e. The second-order valence-corrected chi connectivity index (χ2v) is 7.61. The first-order valence-corrected chi connectivity index (χ1v) is 9.42. The highest BCUT2D eigenvalue weighted by molar-refractivity contribution is 7.10. The minimum Gasteiger partial charge on any atom is -0.494 e. The predicted molar refractivity (Wildman–Crippen MR) is 96.5 cm³/mol. The summed E-state index contributed by atoms with van der Waals surface area (Å²) in [5.74, 6) is -1.59. The average molecular weight is 388 g/mol. The lowest BCUT2D eigenvalue weighted by Gasteiger charge is -2.31. The predicted octanol–water partition coefficient (Wildman–Crippen LogP) is 2.86. The van der Waals surface area contributed by atoms with Crippen LogP contribution in [0.1, 0.15) is 33.6 Å². The molecule has 1 aromatic heterocycles. The fraction of sp³-hybridized carbons (Fsp3) is 0.316. The molecule has 8 heteroatoms. The minimum atomic E-state index is -1.09. The Hall–Kier alpha value is -2.74. The molecule has 0 bridgehead atoms. The van der Waals surface area contributed by atoms with Gasteiger partial charge in [-0.2, -0.15) is 0 Å². The first-order valence-electron chi connectivity index (χ1n) is 8.54. The van der Waals surface area contributed by atoms with Crippen LogP contribution in [0.2, 0.25) is 0 Å². The van der Waals surface area contributed by atoms with Crippen molar-refractivity contribution in [3.05, 3.63) is 51.5 Å². The van der Waals surface area contributed by atoms with E-state index in [1.165, 1.54) is 19.2 Å². The summed E-state index contributed by atoms with van der Waals surface area (Å²) in [6.07, 6.45) is 2.16. The van der Waals surface area contributed by atoms with Gasteiger partial charge in [0.15, 0.2) is 17.3 Å². The van der Waals surface area contributed by atoms with Crippen LogP contribution in [-0.4, -0.2) is 36.3 Å². The molecule has 2 aromatic rings. The number of Topliss-reactive ketones (excluding diaryl/α,β-unsaturated/α-hetero) is 1. The van der Waals surface area contributed by atoms with Gasteiger partial charge in [0.05, 0.1) is 13.7 Å². The van der Waals surface area contributed by atoms with Gasteiger partial charge in [-0.3, -0.25) is 14.5 Å². The van der Waals surface area contributed by atoms with Crippen LogP contribution >= 0.6 is 11.3 Å². The van der Waals surface area contributed by atoms with Crippen LogP contribution in [-0.2, 0) is 16.8 Å². The van der Waals surface area contributed by atoms with Crippen molar-refractivity contribution in [2.24, 2.45) is 0 Å². The van der Waals surface area contributed by atoms with Gasteiger partial charge in [0, 0.05) is 16.0 Å². The van der Waals surface area contributed by atoms with Crippen molar-refractivity contribution in [2.45, 2.75) is 24.8 Å². The van der Waals surface area contributed by atoms with Crippen molar-refractivity contribution in [1.82, 2.24) is 10.2 Å². The quantitative estimate of drug-likeness (QED) is 0.646. The number of ether oxygens (including phenoxy) is 1. The Balaban J connectivity index is 1.59. The van der Waals surface area contributed by atoms with Crippen molar-refractivity contribution in [3.63, 3.8) is 0 Å². The minimum absolute atomic E-state index is 0.0210. The molecule has 0 saturated carbocycles. The number of thiophene rings is 1. The van der Waals surface area contributed by atoms with E-state index in [-0.39, 0.29) is 11.3 Å². The number of aryl methyl sites for hydroxylation is 1. The summed E-state index contributed by atoms with van der Waals surface area (Å²) >= 11 is 1.56. The fourth-order valence-electron chi connectivity index (χ4n) is 3.76. The molecule has 1 fully saturated rings. The molecular formula is C19H17FN2O4S. The molecule has 0 radical (unpaired) electrons. The number of imide groups is 1. The summed E-state index contributed by atoms with van der Waals surface area (Å²) in [6.45, 7) is -0.433. The zero-order valence-electron chi connectivity index (χ0n) is 14.6. The van der Waals surface area contributed by atoms with Gasteiger partial charge in [-0.15, -0.1) is 11.3 Å². The Morgan fingerprint density at radius 1 is 1.37 bits per heavy atom. The highest BCUT2D eigenvalue weighted by Crippen LogP contribution is 2.42. The molecule has 1 aliphatic heterocycles. The van der Waals surface area contributed by atoms with E-state index in [1.54, 1.807) is 11.3 Å². The molecule has 6 nitrogen and oxygen atoms in total. The Morgan fingerprint density at radius 2 is 2.19 bits per heavy atom. The molecule has 0 unspecified atom stereocenters. The van der Waals surface area contributed by atoms with E-state index in [9.17, 15) is 18.8 Å². The largest absolute Gasteiger partial charge is 0.494 e. The third-order valence-corrected chi connectivity index (χ3v) is 6.09. The van der Waals surface area contributed by atoms with Crippen LogP contribution < -0.4 is 10.1 Å². The number of rotatable bonds is 4. The second-order valence-electron chi connectivity index (χ2n) is 6.61. The lowest BCUT2D eigenvalue weighted by Crippen LogP contribution is -2.46. The fourth-order valence-corrected chi connectivity index (χ4v) is 4.76. The summed E-state index contributed by atoms with van der Waals surface area (Å²) in [4.78, 5) is 40.1. The van der Waals surface area contributed by atoms with Gasteiger partial charge in [-0.25, -0.2) is 9.18 Å². The van der Waals surface area contributed by atoms with Gasteiger partial charge < -0.3 is 10.1 Å². The summed E-state index contributed by atoms with van der Waals surface area (Å²) in [5.41, 5.74) is -0.187. The third-order valence-electron chi connectivity index (χ3n) is 5.11. The molecule has 1 atom stereocenters. The molecule has 27 heavy (non-hydrogen) atoms. The maximum atomic E-state index is 13.9. The number of methoxy groups -OCH3 is 1. The average Bonchev–Trinajstić information content (AvgIpc) is 3.22. The second kappa shape index (κ2) is 6.45. The number of carbonyl (C=O) groups excluding carboxylic acids is 3. The Morgan fingerprint density at radius 3 is 2.93 bits per heavy atom. The van der Waals surface area contributed by atoms with Crippen LogP contribution in [0.3, 0.4) is 0 Å². The van der Waals surface area contributed by atoms with E-state index in [1.807, 2.05) is 11.4 Å². The molecule has 140 valence electrons. The van der Waals surface area contributed by atoms with Crippen LogP contribution in [0.15, 0.2) is 29.6 Å². The van der Waals surface area contributed by atoms with E-state index < -0.39 is 35.6 Å². The number of benzene rings is 1. The summed E-state index contributed by atoms with van der Waals surface area (Å²) in [7, 11) is 1.33. The molecule has 4 rings (SSSR count). The zero-order valence-corrected chi connectivity index (χ0v) is 15.4. The molecule has 1 N–H and O–H groups in total. The lowest BCUT2D eigenvalue weighted by atomic mass is 9.80. The molecule has 1 spiro atoms.